The summed E-state index contributed by atoms with van der Waals surface area (Å²) >= 11 is 3.46. The second kappa shape index (κ2) is 3.79. The number of rotatable bonds is 1. The molecule has 0 aromatic heterocycles. The van der Waals surface area contributed by atoms with Gasteiger partial charge in [-0.25, -0.2) is 0 Å². The van der Waals surface area contributed by atoms with Crippen LogP contribution in [0.15, 0.2) is 33.7 Å². The molecular formula is C9H10BrN3. The molecule has 2 rings (SSSR count). The Kier molecular flexibility index (Phi) is 2.49. The predicted octanol–water partition coefficient (Wildman–Crippen LogP) is 1.82. The Morgan fingerprint density at radius 3 is 2.92 bits per heavy atom. The highest BCUT2D eigenvalue weighted by Gasteiger charge is 2.05. The van der Waals surface area contributed by atoms with Gasteiger partial charge in [-0.1, -0.05) is 12.1 Å². The maximum absolute atomic E-state index is 4.25. The largest absolute Gasteiger partial charge is 0.354 e. The van der Waals surface area contributed by atoms with Gasteiger partial charge in [0, 0.05) is 11.0 Å². The maximum atomic E-state index is 4.25. The Morgan fingerprint density at radius 1 is 1.38 bits per heavy atom. The number of para-hydroxylation sites is 1. The summed E-state index contributed by atoms with van der Waals surface area (Å²) in [6.07, 6.45) is 0. The number of nitrogens with zero attached hydrogens (tertiary/aromatic N) is 1. The van der Waals surface area contributed by atoms with Gasteiger partial charge in [-0.05, 0) is 28.1 Å². The molecule has 0 amide bonds. The Balaban J connectivity index is 2.13. The second-order valence-electron chi connectivity index (χ2n) is 2.76. The van der Waals surface area contributed by atoms with Gasteiger partial charge < -0.3 is 10.6 Å². The molecule has 0 unspecified atom stereocenters. The van der Waals surface area contributed by atoms with Crippen molar-refractivity contribution in [1.82, 2.24) is 5.32 Å². The van der Waals surface area contributed by atoms with Gasteiger partial charge in [-0.3, -0.25) is 4.99 Å². The van der Waals surface area contributed by atoms with Gasteiger partial charge in [-0.15, -0.1) is 0 Å². The van der Waals surface area contributed by atoms with E-state index in [4.69, 9.17) is 0 Å². The quantitative estimate of drug-likeness (QED) is 0.785. The highest BCUT2D eigenvalue weighted by molar-refractivity contribution is 9.10. The first-order valence-corrected chi connectivity index (χ1v) is 4.95. The summed E-state index contributed by atoms with van der Waals surface area (Å²) in [7, 11) is 0. The number of guanidine groups is 1. The van der Waals surface area contributed by atoms with Crippen LogP contribution in [0.25, 0.3) is 0 Å². The minimum absolute atomic E-state index is 0.854. The maximum Gasteiger partial charge on any atom is 0.195 e. The van der Waals surface area contributed by atoms with Crippen LogP contribution >= 0.6 is 15.9 Å². The van der Waals surface area contributed by atoms with E-state index in [1.54, 1.807) is 0 Å². The summed E-state index contributed by atoms with van der Waals surface area (Å²) in [5, 5.41) is 6.35. The molecule has 1 aliphatic heterocycles. The molecule has 0 aliphatic carbocycles. The molecule has 1 aromatic carbocycles. The van der Waals surface area contributed by atoms with Crippen molar-refractivity contribution in [2.24, 2.45) is 4.99 Å². The lowest BCUT2D eigenvalue weighted by Crippen LogP contribution is -2.26. The first-order chi connectivity index (χ1) is 6.36. The fourth-order valence-corrected chi connectivity index (χ4v) is 1.56. The Morgan fingerprint density at radius 2 is 2.23 bits per heavy atom. The number of hydrogen-bond acceptors (Lipinski definition) is 3. The minimum Gasteiger partial charge on any atom is -0.354 e. The normalized spacial score (nSPS) is 15.0. The molecule has 1 heterocycles. The van der Waals surface area contributed by atoms with E-state index < -0.39 is 0 Å². The van der Waals surface area contributed by atoms with Crippen LogP contribution in [0.3, 0.4) is 0 Å². The summed E-state index contributed by atoms with van der Waals surface area (Å²) in [6.45, 7) is 1.78. The van der Waals surface area contributed by atoms with E-state index in [9.17, 15) is 0 Å². The molecule has 0 radical (unpaired) electrons. The molecule has 1 aliphatic rings. The number of nitrogens with one attached hydrogen (secondary N) is 2. The molecule has 3 nitrogen and oxygen atoms in total. The monoisotopic (exact) mass is 239 g/mol. The molecule has 0 spiro atoms. The topological polar surface area (TPSA) is 36.4 Å². The molecule has 68 valence electrons. The second-order valence-corrected chi connectivity index (χ2v) is 3.62. The predicted molar refractivity (Wildman–Crippen MR) is 58.1 cm³/mol. The smallest absolute Gasteiger partial charge is 0.195 e. The van der Waals surface area contributed by atoms with Gasteiger partial charge in [0.25, 0.3) is 0 Å². The first-order valence-electron chi connectivity index (χ1n) is 4.16. The van der Waals surface area contributed by atoms with E-state index in [2.05, 4.69) is 31.6 Å². The Bertz CT molecular complexity index is 335. The first kappa shape index (κ1) is 8.56. The third-order valence-corrected chi connectivity index (χ3v) is 2.49. The van der Waals surface area contributed by atoms with Crippen LogP contribution in [-0.2, 0) is 0 Å². The number of benzene rings is 1. The molecule has 0 bridgehead atoms. The fraction of sp³-hybridized carbons (Fsp3) is 0.222. The number of halogens is 1. The molecule has 0 saturated carbocycles. The van der Waals surface area contributed by atoms with Crippen LogP contribution < -0.4 is 10.6 Å². The van der Waals surface area contributed by atoms with Crippen molar-refractivity contribution in [1.29, 1.82) is 0 Å². The number of aliphatic imine (C=N–C) groups is 1. The summed E-state index contributed by atoms with van der Waals surface area (Å²) in [5.74, 6) is 0.854. The molecule has 2 N–H and O–H groups in total. The third kappa shape index (κ3) is 2.01. The molecule has 4 heteroatoms. The lowest BCUT2D eigenvalue weighted by molar-refractivity contribution is 0.959. The van der Waals surface area contributed by atoms with Crippen LogP contribution in [0.2, 0.25) is 0 Å². The van der Waals surface area contributed by atoms with E-state index in [0.29, 0.717) is 0 Å². The molecule has 0 saturated heterocycles. The van der Waals surface area contributed by atoms with E-state index in [1.807, 2.05) is 24.3 Å². The lowest BCUT2D eigenvalue weighted by Gasteiger charge is -2.07. The molecular weight excluding hydrogens is 230 g/mol. The zero-order chi connectivity index (χ0) is 9.10. The number of anilines is 1. The van der Waals surface area contributed by atoms with E-state index in [-0.39, 0.29) is 0 Å². The fourth-order valence-electron chi connectivity index (χ4n) is 1.17. The highest BCUT2D eigenvalue weighted by atomic mass is 79.9. The zero-order valence-corrected chi connectivity index (χ0v) is 8.63. The summed E-state index contributed by atoms with van der Waals surface area (Å²) in [4.78, 5) is 4.25. The van der Waals surface area contributed by atoms with Crippen molar-refractivity contribution >= 4 is 27.6 Å². The standard InChI is InChI=1S/C9H10BrN3/c10-7-3-1-2-4-8(7)13-9-11-5-6-12-9/h1-4H,5-6H2,(H2,11,12,13). The summed E-state index contributed by atoms with van der Waals surface area (Å²) in [5.41, 5.74) is 1.04. The van der Waals surface area contributed by atoms with Gasteiger partial charge in [0.05, 0.1) is 12.2 Å². The van der Waals surface area contributed by atoms with Gasteiger partial charge in [0.2, 0.25) is 0 Å². The van der Waals surface area contributed by atoms with Crippen molar-refractivity contribution in [3.63, 3.8) is 0 Å². The van der Waals surface area contributed by atoms with Crippen LogP contribution in [0.5, 0.6) is 0 Å². The van der Waals surface area contributed by atoms with Crippen molar-refractivity contribution in [2.75, 3.05) is 18.4 Å². The van der Waals surface area contributed by atoms with Crippen molar-refractivity contribution < 1.29 is 0 Å². The van der Waals surface area contributed by atoms with Crippen LogP contribution in [0, 0.1) is 0 Å². The summed E-state index contributed by atoms with van der Waals surface area (Å²) < 4.78 is 1.05. The molecule has 0 atom stereocenters. The molecule has 13 heavy (non-hydrogen) atoms. The van der Waals surface area contributed by atoms with Crippen molar-refractivity contribution in [2.45, 2.75) is 0 Å². The average molecular weight is 240 g/mol. The van der Waals surface area contributed by atoms with Gasteiger partial charge in [0.15, 0.2) is 5.96 Å². The van der Waals surface area contributed by atoms with Crippen LogP contribution in [-0.4, -0.2) is 19.0 Å². The number of hydrogen-bond donors (Lipinski definition) is 2. The third-order valence-electron chi connectivity index (χ3n) is 1.80. The zero-order valence-electron chi connectivity index (χ0n) is 7.05. The van der Waals surface area contributed by atoms with E-state index in [1.165, 1.54) is 0 Å². The van der Waals surface area contributed by atoms with E-state index in [0.717, 1.165) is 29.2 Å². The van der Waals surface area contributed by atoms with E-state index >= 15 is 0 Å². The van der Waals surface area contributed by atoms with Crippen LogP contribution in [0.4, 0.5) is 5.69 Å². The summed E-state index contributed by atoms with van der Waals surface area (Å²) in [6, 6.07) is 7.98. The van der Waals surface area contributed by atoms with Gasteiger partial charge in [-0.2, -0.15) is 0 Å². The lowest BCUT2D eigenvalue weighted by atomic mass is 10.3. The Hall–Kier alpha value is -1.03. The van der Waals surface area contributed by atoms with Crippen LogP contribution in [0.1, 0.15) is 0 Å². The molecule has 0 fully saturated rings. The average Bonchev–Trinajstić information content (AvgIpc) is 2.61. The molecule has 1 aromatic rings. The van der Waals surface area contributed by atoms with Gasteiger partial charge >= 0.3 is 0 Å². The highest BCUT2D eigenvalue weighted by Crippen LogP contribution is 2.20. The van der Waals surface area contributed by atoms with Gasteiger partial charge in [0.1, 0.15) is 0 Å². The SMILES string of the molecule is Brc1ccccc1NC1=NCCN1. The Labute approximate surface area is 85.4 Å². The minimum atomic E-state index is 0.854. The van der Waals surface area contributed by atoms with Crippen molar-refractivity contribution in [3.05, 3.63) is 28.7 Å². The van der Waals surface area contributed by atoms with Crippen molar-refractivity contribution in [3.8, 4) is 0 Å².